The Balaban J connectivity index is 2.21. The molecule has 0 bridgehead atoms. The number of rotatable bonds is 3. The maximum atomic E-state index is 11.7. The van der Waals surface area contributed by atoms with E-state index in [4.69, 9.17) is 20.1 Å². The Morgan fingerprint density at radius 1 is 1.21 bits per heavy atom. The average molecular weight is 319 g/mol. The Labute approximate surface area is 137 Å². The Morgan fingerprint density at radius 2 is 1.96 bits per heavy atom. The minimum atomic E-state index is -0.643. The summed E-state index contributed by atoms with van der Waals surface area (Å²) in [5.41, 5.74) is 7.34. The van der Waals surface area contributed by atoms with Gasteiger partial charge in [-0.15, -0.1) is 0 Å². The fourth-order valence-corrected chi connectivity index (χ4v) is 2.22. The number of methoxy groups -OCH3 is 1. The first-order valence-corrected chi connectivity index (χ1v) is 7.07. The second-order valence-corrected chi connectivity index (χ2v) is 5.00. The predicted molar refractivity (Wildman–Crippen MR) is 87.7 cm³/mol. The first-order valence-electron chi connectivity index (χ1n) is 7.07. The van der Waals surface area contributed by atoms with Crippen molar-refractivity contribution in [3.63, 3.8) is 0 Å². The smallest absolute Gasteiger partial charge is 0.254 e. The van der Waals surface area contributed by atoms with E-state index in [1.54, 1.807) is 55.6 Å². The molecule has 0 aliphatic heterocycles. The summed E-state index contributed by atoms with van der Waals surface area (Å²) in [7, 11) is 1.56. The van der Waals surface area contributed by atoms with Crippen LogP contribution in [0, 0.1) is 11.3 Å². The molecule has 0 radical (unpaired) electrons. The van der Waals surface area contributed by atoms with E-state index in [0.717, 1.165) is 0 Å². The fourth-order valence-electron chi connectivity index (χ4n) is 2.22. The third-order valence-electron chi connectivity index (χ3n) is 3.45. The SMILES string of the molecule is COc1ccc2oc(=Nc3ccc(C#N)cc3)c(C(N)=O)cc2c1. The minimum Gasteiger partial charge on any atom is -0.497 e. The second kappa shape index (κ2) is 6.26. The summed E-state index contributed by atoms with van der Waals surface area (Å²) in [6, 6.07) is 15.5. The van der Waals surface area contributed by atoms with E-state index >= 15 is 0 Å². The summed E-state index contributed by atoms with van der Waals surface area (Å²) in [5.74, 6) is 0.000710. The summed E-state index contributed by atoms with van der Waals surface area (Å²) < 4.78 is 10.9. The number of primary amides is 1. The van der Waals surface area contributed by atoms with Crippen LogP contribution in [0.1, 0.15) is 15.9 Å². The summed E-state index contributed by atoms with van der Waals surface area (Å²) >= 11 is 0. The zero-order valence-corrected chi connectivity index (χ0v) is 12.8. The van der Waals surface area contributed by atoms with E-state index in [0.29, 0.717) is 28.0 Å². The zero-order chi connectivity index (χ0) is 17.1. The highest BCUT2D eigenvalue weighted by atomic mass is 16.5. The van der Waals surface area contributed by atoms with Gasteiger partial charge >= 0.3 is 0 Å². The predicted octanol–water partition coefficient (Wildman–Crippen LogP) is 2.64. The first-order chi connectivity index (χ1) is 11.6. The van der Waals surface area contributed by atoms with Gasteiger partial charge in [-0.25, -0.2) is 4.99 Å². The largest absolute Gasteiger partial charge is 0.497 e. The van der Waals surface area contributed by atoms with Crippen LogP contribution in [0.15, 0.2) is 57.9 Å². The van der Waals surface area contributed by atoms with Gasteiger partial charge in [-0.05, 0) is 48.5 Å². The van der Waals surface area contributed by atoms with Crippen molar-refractivity contribution in [1.82, 2.24) is 0 Å². The lowest BCUT2D eigenvalue weighted by atomic mass is 10.1. The summed E-state index contributed by atoms with van der Waals surface area (Å²) in [5, 5.41) is 9.51. The molecule has 118 valence electrons. The number of nitriles is 1. The highest BCUT2D eigenvalue weighted by Gasteiger charge is 2.10. The molecular formula is C18H13N3O3. The third kappa shape index (κ3) is 2.96. The normalized spacial score (nSPS) is 11.2. The van der Waals surface area contributed by atoms with E-state index in [1.807, 2.05) is 6.07 Å². The number of carbonyl (C=O) groups excluding carboxylic acids is 1. The van der Waals surface area contributed by atoms with E-state index < -0.39 is 5.91 Å². The number of ether oxygens (including phenoxy) is 1. The molecule has 0 aliphatic rings. The van der Waals surface area contributed by atoms with Gasteiger partial charge in [0.15, 0.2) is 0 Å². The number of nitrogens with two attached hydrogens (primary N) is 1. The average Bonchev–Trinajstić information content (AvgIpc) is 2.61. The topological polar surface area (TPSA) is 102 Å². The molecule has 0 atom stereocenters. The number of fused-ring (bicyclic) bond motifs is 1. The molecule has 2 N–H and O–H groups in total. The van der Waals surface area contributed by atoms with Gasteiger partial charge in [-0.1, -0.05) is 0 Å². The molecule has 0 saturated carbocycles. The molecule has 6 nitrogen and oxygen atoms in total. The van der Waals surface area contributed by atoms with Crippen LogP contribution in [0.5, 0.6) is 5.75 Å². The number of amides is 1. The van der Waals surface area contributed by atoms with Crippen LogP contribution in [0.3, 0.4) is 0 Å². The van der Waals surface area contributed by atoms with Crippen LogP contribution in [0.25, 0.3) is 11.0 Å². The van der Waals surface area contributed by atoms with Gasteiger partial charge < -0.3 is 14.9 Å². The Bertz CT molecular complexity index is 1030. The molecular weight excluding hydrogens is 306 g/mol. The van der Waals surface area contributed by atoms with Crippen LogP contribution >= 0.6 is 0 Å². The van der Waals surface area contributed by atoms with Gasteiger partial charge in [-0.3, -0.25) is 4.79 Å². The van der Waals surface area contributed by atoms with Crippen molar-refractivity contribution in [2.24, 2.45) is 10.7 Å². The van der Waals surface area contributed by atoms with Gasteiger partial charge in [0.1, 0.15) is 16.9 Å². The van der Waals surface area contributed by atoms with Gasteiger partial charge in [-0.2, -0.15) is 5.26 Å². The molecule has 3 rings (SSSR count). The van der Waals surface area contributed by atoms with Crippen molar-refractivity contribution in [3.05, 3.63) is 65.2 Å². The summed E-state index contributed by atoms with van der Waals surface area (Å²) in [4.78, 5) is 16.1. The highest BCUT2D eigenvalue weighted by molar-refractivity contribution is 5.95. The molecule has 6 heteroatoms. The van der Waals surface area contributed by atoms with Crippen molar-refractivity contribution in [2.45, 2.75) is 0 Å². The lowest BCUT2D eigenvalue weighted by Crippen LogP contribution is -2.21. The molecule has 0 saturated heterocycles. The molecule has 0 unspecified atom stereocenters. The lowest BCUT2D eigenvalue weighted by Gasteiger charge is -2.04. The molecule has 1 amide bonds. The number of hydrogen-bond donors (Lipinski definition) is 1. The number of carbonyl (C=O) groups is 1. The van der Waals surface area contributed by atoms with Crippen molar-refractivity contribution in [1.29, 1.82) is 5.26 Å². The number of hydrogen-bond acceptors (Lipinski definition) is 5. The first kappa shape index (κ1) is 15.3. The molecule has 3 aromatic rings. The molecule has 24 heavy (non-hydrogen) atoms. The molecule has 0 spiro atoms. The Kier molecular flexibility index (Phi) is 4.00. The van der Waals surface area contributed by atoms with Gasteiger partial charge in [0.2, 0.25) is 5.55 Å². The van der Waals surface area contributed by atoms with E-state index in [9.17, 15) is 4.79 Å². The zero-order valence-electron chi connectivity index (χ0n) is 12.8. The molecule has 2 aromatic carbocycles. The summed E-state index contributed by atoms with van der Waals surface area (Å²) in [6.45, 7) is 0. The van der Waals surface area contributed by atoms with E-state index in [1.165, 1.54) is 0 Å². The fraction of sp³-hybridized carbons (Fsp3) is 0.0556. The van der Waals surface area contributed by atoms with E-state index in [2.05, 4.69) is 4.99 Å². The quantitative estimate of drug-likeness (QED) is 0.801. The van der Waals surface area contributed by atoms with Gasteiger partial charge in [0.25, 0.3) is 5.91 Å². The van der Waals surface area contributed by atoms with Crippen molar-refractivity contribution >= 4 is 22.6 Å². The molecule has 0 aliphatic carbocycles. The van der Waals surface area contributed by atoms with E-state index in [-0.39, 0.29) is 11.1 Å². The highest BCUT2D eigenvalue weighted by Crippen LogP contribution is 2.21. The molecule has 0 fully saturated rings. The second-order valence-electron chi connectivity index (χ2n) is 5.00. The van der Waals surface area contributed by atoms with Crippen LogP contribution in [-0.4, -0.2) is 13.0 Å². The van der Waals surface area contributed by atoms with Crippen LogP contribution in [0.2, 0.25) is 0 Å². The van der Waals surface area contributed by atoms with Crippen molar-refractivity contribution < 1.29 is 13.9 Å². The maximum absolute atomic E-state index is 11.7. The lowest BCUT2D eigenvalue weighted by molar-refractivity contribution is 0.0996. The monoisotopic (exact) mass is 319 g/mol. The molecule has 1 heterocycles. The van der Waals surface area contributed by atoms with Crippen molar-refractivity contribution in [2.75, 3.05) is 7.11 Å². The third-order valence-corrected chi connectivity index (χ3v) is 3.45. The van der Waals surface area contributed by atoms with Gasteiger partial charge in [0, 0.05) is 5.39 Å². The standard InChI is InChI=1S/C18H13N3O3/c1-23-14-6-7-16-12(8-14)9-15(17(20)22)18(24-16)21-13-4-2-11(10-19)3-5-13/h2-9H,1H3,(H2,20,22). The maximum Gasteiger partial charge on any atom is 0.254 e. The minimum absolute atomic E-state index is 0.116. The van der Waals surface area contributed by atoms with Crippen LogP contribution < -0.4 is 16.0 Å². The Morgan fingerprint density at radius 3 is 2.58 bits per heavy atom. The molecule has 1 aromatic heterocycles. The number of benzene rings is 2. The van der Waals surface area contributed by atoms with Crippen molar-refractivity contribution in [3.8, 4) is 11.8 Å². The van der Waals surface area contributed by atoms with Crippen LogP contribution in [-0.2, 0) is 0 Å². The summed E-state index contributed by atoms with van der Waals surface area (Å²) in [6.07, 6.45) is 0. The Hall–Kier alpha value is -3.59. The van der Waals surface area contributed by atoms with Crippen LogP contribution in [0.4, 0.5) is 5.69 Å². The van der Waals surface area contributed by atoms with Gasteiger partial charge in [0.05, 0.1) is 24.4 Å². The number of nitrogens with zero attached hydrogens (tertiary/aromatic N) is 2.